The molecular weight excluding hydrogens is 330 g/mol. The minimum atomic E-state index is -0.883. The van der Waals surface area contributed by atoms with Crippen LogP contribution in [0.3, 0.4) is 0 Å². The smallest absolute Gasteiger partial charge is 0.307 e. The molecule has 2 N–H and O–H groups in total. The van der Waals surface area contributed by atoms with Crippen molar-refractivity contribution in [2.24, 2.45) is 11.8 Å². The number of hydrogen-bond acceptors (Lipinski definition) is 3. The van der Waals surface area contributed by atoms with Crippen LogP contribution in [0.25, 0.3) is 0 Å². The number of carboxylic acid groups (broad SMARTS) is 1. The largest absolute Gasteiger partial charge is 0.481 e. The average molecular weight is 353 g/mol. The predicted octanol–water partition coefficient (Wildman–Crippen LogP) is 4.62. The van der Waals surface area contributed by atoms with Crippen molar-refractivity contribution in [3.8, 4) is 11.5 Å². The first kappa shape index (κ1) is 18.0. The number of rotatable bonds is 5. The van der Waals surface area contributed by atoms with Gasteiger partial charge in [0.15, 0.2) is 0 Å². The van der Waals surface area contributed by atoms with E-state index >= 15 is 0 Å². The van der Waals surface area contributed by atoms with Crippen LogP contribution in [-0.2, 0) is 9.59 Å². The minimum absolute atomic E-state index is 0.218. The molecule has 0 radical (unpaired) electrons. The monoisotopic (exact) mass is 353 g/mol. The molecule has 1 amide bonds. The number of ether oxygens (including phenoxy) is 1. The van der Waals surface area contributed by atoms with E-state index in [-0.39, 0.29) is 5.91 Å². The van der Waals surface area contributed by atoms with Crippen molar-refractivity contribution < 1.29 is 19.4 Å². The van der Waals surface area contributed by atoms with E-state index in [1.165, 1.54) is 0 Å². The first-order valence-corrected chi connectivity index (χ1v) is 8.91. The zero-order valence-electron chi connectivity index (χ0n) is 14.8. The van der Waals surface area contributed by atoms with Gasteiger partial charge < -0.3 is 15.2 Å². The summed E-state index contributed by atoms with van der Waals surface area (Å²) in [5.74, 6) is -0.726. The zero-order valence-corrected chi connectivity index (χ0v) is 14.8. The fourth-order valence-electron chi connectivity index (χ4n) is 3.40. The van der Waals surface area contributed by atoms with Gasteiger partial charge in [0.2, 0.25) is 5.91 Å². The van der Waals surface area contributed by atoms with Crippen molar-refractivity contribution in [2.45, 2.75) is 32.6 Å². The molecule has 0 heterocycles. The van der Waals surface area contributed by atoms with Crippen LogP contribution in [0, 0.1) is 18.8 Å². The molecule has 3 rings (SSSR count). The average Bonchev–Trinajstić information content (AvgIpc) is 2.63. The summed E-state index contributed by atoms with van der Waals surface area (Å²) in [6.45, 7) is 2.00. The molecule has 5 nitrogen and oxygen atoms in total. The Morgan fingerprint density at radius 1 is 1.00 bits per heavy atom. The molecule has 5 heteroatoms. The van der Waals surface area contributed by atoms with Gasteiger partial charge in [-0.05, 0) is 61.7 Å². The summed E-state index contributed by atoms with van der Waals surface area (Å²) in [5, 5.41) is 12.2. The first-order valence-electron chi connectivity index (χ1n) is 8.91. The molecule has 2 aromatic rings. The highest BCUT2D eigenvalue weighted by Gasteiger charge is 2.35. The van der Waals surface area contributed by atoms with E-state index in [0.29, 0.717) is 24.3 Å². The Bertz CT molecular complexity index is 785. The number of carboxylic acids is 1. The van der Waals surface area contributed by atoms with Gasteiger partial charge in [-0.15, -0.1) is 0 Å². The summed E-state index contributed by atoms with van der Waals surface area (Å²) in [6.07, 6.45) is 2.95. The Balaban J connectivity index is 1.63. The van der Waals surface area contributed by atoms with Gasteiger partial charge in [0, 0.05) is 5.69 Å². The quantitative estimate of drug-likeness (QED) is 0.822. The number of carbonyl (C=O) groups excluding carboxylic acids is 1. The van der Waals surface area contributed by atoms with Crippen LogP contribution in [0.15, 0.2) is 48.5 Å². The summed E-state index contributed by atoms with van der Waals surface area (Å²) in [5.41, 5.74) is 1.76. The van der Waals surface area contributed by atoms with Gasteiger partial charge in [-0.25, -0.2) is 0 Å². The second kappa shape index (κ2) is 8.04. The second-order valence-electron chi connectivity index (χ2n) is 6.77. The zero-order chi connectivity index (χ0) is 18.5. The lowest BCUT2D eigenvalue weighted by Crippen LogP contribution is -2.36. The van der Waals surface area contributed by atoms with Gasteiger partial charge in [-0.2, -0.15) is 0 Å². The number of benzene rings is 2. The van der Waals surface area contributed by atoms with Crippen molar-refractivity contribution in [2.75, 3.05) is 5.32 Å². The van der Waals surface area contributed by atoms with E-state index in [0.717, 1.165) is 24.2 Å². The van der Waals surface area contributed by atoms with E-state index in [9.17, 15) is 14.7 Å². The Labute approximate surface area is 153 Å². The SMILES string of the molecule is Cc1cccc(Oc2ccc(NC(=O)C3CCCCC3C(=O)O)cc2)c1. The van der Waals surface area contributed by atoms with Crippen molar-refractivity contribution >= 4 is 17.6 Å². The maximum absolute atomic E-state index is 12.5. The summed E-state index contributed by atoms with van der Waals surface area (Å²) < 4.78 is 5.79. The van der Waals surface area contributed by atoms with Crippen LogP contribution >= 0.6 is 0 Å². The molecule has 1 aliphatic rings. The number of carbonyl (C=O) groups is 2. The molecule has 0 aliphatic heterocycles. The fourth-order valence-corrected chi connectivity index (χ4v) is 3.40. The molecule has 136 valence electrons. The maximum atomic E-state index is 12.5. The highest BCUT2D eigenvalue weighted by molar-refractivity contribution is 5.95. The van der Waals surface area contributed by atoms with E-state index in [2.05, 4.69) is 5.32 Å². The molecular formula is C21H23NO4. The fraction of sp³-hybridized carbons (Fsp3) is 0.333. The summed E-state index contributed by atoms with van der Waals surface area (Å²) >= 11 is 0. The number of hydrogen-bond donors (Lipinski definition) is 2. The lowest BCUT2D eigenvalue weighted by atomic mass is 9.78. The number of aryl methyl sites for hydroxylation is 1. The Hall–Kier alpha value is -2.82. The first-order chi connectivity index (χ1) is 12.5. The van der Waals surface area contributed by atoms with Gasteiger partial charge >= 0.3 is 5.97 Å². The summed E-state index contributed by atoms with van der Waals surface area (Å²) in [4.78, 5) is 23.9. The standard InChI is InChI=1S/C21H23NO4/c1-14-5-4-6-17(13-14)26-16-11-9-15(10-12-16)22-20(23)18-7-2-3-8-19(18)21(24)25/h4-6,9-13,18-19H,2-3,7-8H2,1H3,(H,22,23)(H,24,25). The summed E-state index contributed by atoms with van der Waals surface area (Å²) in [6, 6.07) is 14.9. The third-order valence-corrected chi connectivity index (χ3v) is 4.77. The Kier molecular flexibility index (Phi) is 5.56. The van der Waals surface area contributed by atoms with Crippen molar-refractivity contribution in [3.63, 3.8) is 0 Å². The molecule has 0 aromatic heterocycles. The lowest BCUT2D eigenvalue weighted by Gasteiger charge is -2.27. The Morgan fingerprint density at radius 2 is 1.69 bits per heavy atom. The van der Waals surface area contributed by atoms with Gasteiger partial charge in [-0.3, -0.25) is 9.59 Å². The molecule has 2 aromatic carbocycles. The van der Waals surface area contributed by atoms with Gasteiger partial charge in [0.25, 0.3) is 0 Å². The number of amides is 1. The van der Waals surface area contributed by atoms with Crippen LogP contribution in [-0.4, -0.2) is 17.0 Å². The van der Waals surface area contributed by atoms with Crippen molar-refractivity contribution in [1.29, 1.82) is 0 Å². The number of aliphatic carboxylic acids is 1. The van der Waals surface area contributed by atoms with E-state index < -0.39 is 17.8 Å². The predicted molar refractivity (Wildman–Crippen MR) is 99.4 cm³/mol. The van der Waals surface area contributed by atoms with E-state index in [1.807, 2.05) is 31.2 Å². The van der Waals surface area contributed by atoms with Crippen molar-refractivity contribution in [1.82, 2.24) is 0 Å². The molecule has 1 fully saturated rings. The molecule has 2 unspecified atom stereocenters. The van der Waals surface area contributed by atoms with E-state index in [1.54, 1.807) is 24.3 Å². The van der Waals surface area contributed by atoms with Gasteiger partial charge in [0.1, 0.15) is 11.5 Å². The van der Waals surface area contributed by atoms with Gasteiger partial charge in [0.05, 0.1) is 11.8 Å². The number of anilines is 1. The van der Waals surface area contributed by atoms with Crippen LogP contribution in [0.5, 0.6) is 11.5 Å². The molecule has 1 aliphatic carbocycles. The summed E-state index contributed by atoms with van der Waals surface area (Å²) in [7, 11) is 0. The third-order valence-electron chi connectivity index (χ3n) is 4.77. The normalized spacial score (nSPS) is 19.6. The van der Waals surface area contributed by atoms with Crippen LogP contribution in [0.1, 0.15) is 31.2 Å². The molecule has 0 spiro atoms. The Morgan fingerprint density at radius 3 is 2.35 bits per heavy atom. The topological polar surface area (TPSA) is 75.6 Å². The highest BCUT2D eigenvalue weighted by Crippen LogP contribution is 2.31. The molecule has 26 heavy (non-hydrogen) atoms. The second-order valence-corrected chi connectivity index (χ2v) is 6.77. The van der Waals surface area contributed by atoms with Crippen LogP contribution in [0.4, 0.5) is 5.69 Å². The molecule has 0 saturated heterocycles. The molecule has 2 atom stereocenters. The van der Waals surface area contributed by atoms with Crippen LogP contribution in [0.2, 0.25) is 0 Å². The third kappa shape index (κ3) is 4.42. The van der Waals surface area contributed by atoms with Gasteiger partial charge in [-0.1, -0.05) is 25.0 Å². The van der Waals surface area contributed by atoms with Crippen molar-refractivity contribution in [3.05, 3.63) is 54.1 Å². The lowest BCUT2D eigenvalue weighted by molar-refractivity contribution is -0.147. The maximum Gasteiger partial charge on any atom is 0.307 e. The minimum Gasteiger partial charge on any atom is -0.481 e. The molecule has 0 bridgehead atoms. The molecule has 1 saturated carbocycles. The van der Waals surface area contributed by atoms with E-state index in [4.69, 9.17) is 4.74 Å². The van der Waals surface area contributed by atoms with Crippen LogP contribution < -0.4 is 10.1 Å². The number of nitrogens with one attached hydrogen (secondary N) is 1. The highest BCUT2D eigenvalue weighted by atomic mass is 16.5.